The summed E-state index contributed by atoms with van der Waals surface area (Å²) < 4.78 is 5.50. The summed E-state index contributed by atoms with van der Waals surface area (Å²) in [5, 5.41) is 10.4. The van der Waals surface area contributed by atoms with E-state index in [1.807, 2.05) is 61.2 Å². The highest BCUT2D eigenvalue weighted by atomic mass is 16.5. The number of carbonyl (C=O) groups excluding carboxylic acids is 1. The monoisotopic (exact) mass is 421 g/mol. The van der Waals surface area contributed by atoms with Crippen LogP contribution in [0.25, 0.3) is 10.9 Å². The molecule has 0 aliphatic carbocycles. The van der Waals surface area contributed by atoms with Gasteiger partial charge in [0.2, 0.25) is 5.91 Å². The molecule has 0 saturated carbocycles. The lowest BCUT2D eigenvalue weighted by Gasteiger charge is -2.36. The normalized spacial score (nSPS) is 14.1. The Kier molecular flexibility index (Phi) is 5.84. The molecular formula is C24H27N3O4. The molecule has 0 spiro atoms. The summed E-state index contributed by atoms with van der Waals surface area (Å²) in [6, 6.07) is 13.7. The van der Waals surface area contributed by atoms with Gasteiger partial charge in [0.1, 0.15) is 11.4 Å². The molecule has 4 rings (SSSR count). The van der Waals surface area contributed by atoms with Crippen molar-refractivity contribution in [3.63, 3.8) is 0 Å². The number of carboxylic acid groups (broad SMARTS) is 1. The number of aryl methyl sites for hydroxylation is 1. The van der Waals surface area contributed by atoms with Crippen molar-refractivity contribution in [3.8, 4) is 5.75 Å². The first-order valence-electron chi connectivity index (χ1n) is 10.6. The molecule has 1 fully saturated rings. The number of piperazine rings is 1. The fraction of sp³-hybridized carbons (Fsp3) is 0.333. The largest absolute Gasteiger partial charge is 0.494 e. The zero-order valence-electron chi connectivity index (χ0n) is 17.9. The zero-order chi connectivity index (χ0) is 22.0. The Bertz CT molecular complexity index is 1100. The van der Waals surface area contributed by atoms with Crippen LogP contribution in [0.5, 0.6) is 5.75 Å². The van der Waals surface area contributed by atoms with Gasteiger partial charge in [-0.25, -0.2) is 4.79 Å². The van der Waals surface area contributed by atoms with Crippen LogP contribution in [-0.4, -0.2) is 59.7 Å². The predicted molar refractivity (Wildman–Crippen MR) is 120 cm³/mol. The summed E-state index contributed by atoms with van der Waals surface area (Å²) in [5.74, 6) is -0.239. The fourth-order valence-electron chi connectivity index (χ4n) is 4.12. The SMILES string of the molecule is CCOc1ccc(N2CCN(C(=O)Cc3c(C(=O)O)[nH]c4ccc(C)cc34)CC2)cc1. The Labute approximate surface area is 181 Å². The quantitative estimate of drug-likeness (QED) is 0.637. The van der Waals surface area contributed by atoms with Crippen molar-refractivity contribution in [2.45, 2.75) is 20.3 Å². The van der Waals surface area contributed by atoms with Crippen LogP contribution in [0.15, 0.2) is 42.5 Å². The lowest BCUT2D eigenvalue weighted by atomic mass is 10.0. The minimum absolute atomic E-state index is 0.0451. The molecule has 0 atom stereocenters. The number of H-pyrrole nitrogens is 1. The van der Waals surface area contributed by atoms with Crippen molar-refractivity contribution in [3.05, 3.63) is 59.3 Å². The molecule has 2 heterocycles. The van der Waals surface area contributed by atoms with E-state index in [0.717, 1.165) is 41.0 Å². The van der Waals surface area contributed by atoms with Crippen LogP contribution in [0.3, 0.4) is 0 Å². The molecule has 2 N–H and O–H groups in total. The van der Waals surface area contributed by atoms with Gasteiger partial charge in [0.15, 0.2) is 0 Å². The number of hydrogen-bond acceptors (Lipinski definition) is 4. The van der Waals surface area contributed by atoms with Crippen LogP contribution < -0.4 is 9.64 Å². The minimum atomic E-state index is -1.04. The number of nitrogens with zero attached hydrogens (tertiary/aromatic N) is 2. The van der Waals surface area contributed by atoms with E-state index in [4.69, 9.17) is 4.74 Å². The maximum absolute atomic E-state index is 13.0. The zero-order valence-corrected chi connectivity index (χ0v) is 17.9. The number of aromatic nitrogens is 1. The number of hydrogen-bond donors (Lipinski definition) is 2. The third kappa shape index (κ3) is 4.35. The van der Waals surface area contributed by atoms with Crippen molar-refractivity contribution in [1.29, 1.82) is 0 Å². The molecule has 1 aliphatic rings. The number of carbonyl (C=O) groups is 2. The summed E-state index contributed by atoms with van der Waals surface area (Å²) in [5.41, 5.74) is 3.54. The highest BCUT2D eigenvalue weighted by molar-refractivity contribution is 6.00. The second kappa shape index (κ2) is 8.71. The second-order valence-corrected chi connectivity index (χ2v) is 7.80. The van der Waals surface area contributed by atoms with Gasteiger partial charge in [-0.15, -0.1) is 0 Å². The van der Waals surface area contributed by atoms with E-state index >= 15 is 0 Å². The second-order valence-electron chi connectivity index (χ2n) is 7.80. The van der Waals surface area contributed by atoms with E-state index in [0.29, 0.717) is 25.3 Å². The van der Waals surface area contributed by atoms with Gasteiger partial charge in [-0.1, -0.05) is 11.6 Å². The first kappa shape index (κ1) is 20.8. The highest BCUT2D eigenvalue weighted by Gasteiger charge is 2.25. The van der Waals surface area contributed by atoms with Gasteiger partial charge in [0, 0.05) is 48.3 Å². The van der Waals surface area contributed by atoms with Gasteiger partial charge in [0.25, 0.3) is 0 Å². The molecule has 1 amide bonds. The molecule has 0 unspecified atom stereocenters. The van der Waals surface area contributed by atoms with E-state index in [9.17, 15) is 14.7 Å². The Balaban J connectivity index is 1.44. The van der Waals surface area contributed by atoms with Gasteiger partial charge < -0.3 is 24.6 Å². The van der Waals surface area contributed by atoms with Crippen molar-refractivity contribution in [2.75, 3.05) is 37.7 Å². The number of fused-ring (bicyclic) bond motifs is 1. The minimum Gasteiger partial charge on any atom is -0.494 e. The van der Waals surface area contributed by atoms with Crippen LogP contribution in [0, 0.1) is 6.92 Å². The van der Waals surface area contributed by atoms with E-state index in [1.165, 1.54) is 0 Å². The van der Waals surface area contributed by atoms with Gasteiger partial charge in [-0.05, 0) is 50.2 Å². The number of anilines is 1. The Morgan fingerprint density at radius 3 is 2.42 bits per heavy atom. The fourth-order valence-corrected chi connectivity index (χ4v) is 4.12. The molecule has 2 aromatic carbocycles. The van der Waals surface area contributed by atoms with Gasteiger partial charge in [-0.2, -0.15) is 0 Å². The molecule has 0 radical (unpaired) electrons. The average molecular weight is 421 g/mol. The maximum atomic E-state index is 13.0. The van der Waals surface area contributed by atoms with Gasteiger partial charge in [0.05, 0.1) is 13.0 Å². The number of aromatic amines is 1. The molecule has 31 heavy (non-hydrogen) atoms. The van der Waals surface area contributed by atoms with Crippen molar-refractivity contribution in [1.82, 2.24) is 9.88 Å². The standard InChI is InChI=1S/C24H27N3O4/c1-3-31-18-7-5-17(6-8-18)26-10-12-27(13-11-26)22(28)15-20-19-14-16(2)4-9-21(19)25-23(20)24(29)30/h4-9,14,25H,3,10-13,15H2,1-2H3,(H,29,30). The average Bonchev–Trinajstić information content (AvgIpc) is 3.12. The number of nitrogens with one attached hydrogen (secondary N) is 1. The number of aromatic carboxylic acids is 1. The number of amides is 1. The number of benzene rings is 2. The van der Waals surface area contributed by atoms with Crippen LogP contribution in [0.1, 0.15) is 28.5 Å². The van der Waals surface area contributed by atoms with E-state index in [2.05, 4.69) is 9.88 Å². The molecule has 3 aromatic rings. The Morgan fingerprint density at radius 2 is 1.77 bits per heavy atom. The summed E-state index contributed by atoms with van der Waals surface area (Å²) in [4.78, 5) is 31.8. The number of carboxylic acids is 1. The summed E-state index contributed by atoms with van der Waals surface area (Å²) >= 11 is 0. The molecule has 162 valence electrons. The highest BCUT2D eigenvalue weighted by Crippen LogP contribution is 2.26. The molecule has 1 aromatic heterocycles. The maximum Gasteiger partial charge on any atom is 0.352 e. The van der Waals surface area contributed by atoms with E-state index in [1.54, 1.807) is 0 Å². The molecule has 1 aliphatic heterocycles. The van der Waals surface area contributed by atoms with Crippen LogP contribution in [0.2, 0.25) is 0 Å². The van der Waals surface area contributed by atoms with Gasteiger partial charge >= 0.3 is 5.97 Å². The smallest absolute Gasteiger partial charge is 0.352 e. The van der Waals surface area contributed by atoms with Crippen LogP contribution in [-0.2, 0) is 11.2 Å². The molecule has 7 heteroatoms. The van der Waals surface area contributed by atoms with Gasteiger partial charge in [-0.3, -0.25) is 4.79 Å². The summed E-state index contributed by atoms with van der Waals surface area (Å²) in [7, 11) is 0. The third-order valence-corrected chi connectivity index (χ3v) is 5.75. The van der Waals surface area contributed by atoms with Crippen molar-refractivity contribution >= 4 is 28.5 Å². The molecule has 7 nitrogen and oxygen atoms in total. The number of ether oxygens (including phenoxy) is 1. The molecule has 1 saturated heterocycles. The lowest BCUT2D eigenvalue weighted by molar-refractivity contribution is -0.130. The summed E-state index contributed by atoms with van der Waals surface area (Å²) in [6.45, 7) is 7.24. The van der Waals surface area contributed by atoms with E-state index in [-0.39, 0.29) is 18.0 Å². The third-order valence-electron chi connectivity index (χ3n) is 5.75. The Hall–Kier alpha value is -3.48. The topological polar surface area (TPSA) is 85.9 Å². The first-order valence-corrected chi connectivity index (χ1v) is 10.6. The van der Waals surface area contributed by atoms with Crippen molar-refractivity contribution in [2.24, 2.45) is 0 Å². The number of rotatable bonds is 6. The van der Waals surface area contributed by atoms with Crippen molar-refractivity contribution < 1.29 is 19.4 Å². The molecular weight excluding hydrogens is 394 g/mol. The first-order chi connectivity index (χ1) is 15.0. The van der Waals surface area contributed by atoms with Crippen LogP contribution in [0.4, 0.5) is 5.69 Å². The Morgan fingerprint density at radius 1 is 1.06 bits per heavy atom. The molecule has 0 bridgehead atoms. The van der Waals surface area contributed by atoms with E-state index < -0.39 is 5.97 Å². The lowest BCUT2D eigenvalue weighted by Crippen LogP contribution is -2.49. The summed E-state index contributed by atoms with van der Waals surface area (Å²) in [6.07, 6.45) is 0.0775. The predicted octanol–water partition coefficient (Wildman–Crippen LogP) is 3.46. The van der Waals surface area contributed by atoms with Crippen LogP contribution >= 0.6 is 0 Å².